The minimum absolute atomic E-state index is 0.0560. The van der Waals surface area contributed by atoms with Gasteiger partial charge in [0.1, 0.15) is 18.2 Å². The van der Waals surface area contributed by atoms with E-state index in [1.807, 2.05) is 0 Å². The molecule has 210 valence electrons. The first-order chi connectivity index (χ1) is 18.8. The summed E-state index contributed by atoms with van der Waals surface area (Å²) in [7, 11) is 5.88. The lowest BCUT2D eigenvalue weighted by molar-refractivity contribution is 0.302. The minimum Gasteiger partial charge on any atom is -0.494 e. The quantitative estimate of drug-likeness (QED) is 0.270. The fraction of sp³-hybridized carbons (Fsp3) is 0.231. The van der Waals surface area contributed by atoms with Gasteiger partial charge in [0.25, 0.3) is 11.1 Å². The van der Waals surface area contributed by atoms with Crippen LogP contribution in [0.5, 0.6) is 17.5 Å². The molecule has 2 aromatic carbocycles. The molecule has 0 atom stereocenters. The molecule has 4 aromatic rings. The van der Waals surface area contributed by atoms with Gasteiger partial charge in [-0.2, -0.15) is 0 Å². The summed E-state index contributed by atoms with van der Waals surface area (Å²) in [6.45, 7) is 0.134. The molecule has 0 spiro atoms. The molecule has 0 saturated carbocycles. The van der Waals surface area contributed by atoms with E-state index in [1.165, 1.54) is 58.6 Å². The predicted octanol–water partition coefficient (Wildman–Crippen LogP) is 5.05. The van der Waals surface area contributed by atoms with E-state index in [4.69, 9.17) is 29.2 Å². The third-order valence-electron chi connectivity index (χ3n) is 6.56. The second kappa shape index (κ2) is 11.4. The maximum absolute atomic E-state index is 13.6. The average Bonchev–Trinajstić information content (AvgIpc) is 2.92. The third-order valence-corrected chi connectivity index (χ3v) is 8.84. The van der Waals surface area contributed by atoms with Crippen LogP contribution in [0.25, 0.3) is 0 Å². The largest absolute Gasteiger partial charge is 0.494 e. The number of benzene rings is 2. The Labute approximate surface area is 254 Å². The molecule has 2 heterocycles. The van der Waals surface area contributed by atoms with Crippen molar-refractivity contribution in [3.05, 3.63) is 104 Å². The molecule has 14 heteroatoms. The fourth-order valence-electron chi connectivity index (χ4n) is 4.32. The average molecular weight is 714 g/mol. The van der Waals surface area contributed by atoms with Crippen molar-refractivity contribution in [3.8, 4) is 17.5 Å². The van der Waals surface area contributed by atoms with E-state index in [-0.39, 0.29) is 33.1 Å². The van der Waals surface area contributed by atoms with E-state index in [1.54, 1.807) is 24.3 Å². The Kier molecular flexibility index (Phi) is 8.54. The maximum atomic E-state index is 13.6. The van der Waals surface area contributed by atoms with Crippen molar-refractivity contribution in [1.29, 1.82) is 0 Å². The van der Waals surface area contributed by atoms with Gasteiger partial charge in [0.05, 0.1) is 26.0 Å². The van der Waals surface area contributed by atoms with Crippen LogP contribution in [-0.4, -0.2) is 28.5 Å². The van der Waals surface area contributed by atoms with Gasteiger partial charge in [0.15, 0.2) is 9.54 Å². The number of ether oxygens (including phenoxy) is 1. The standard InChI is InChI=1S/C26H23Br2FN4O5S2/c1-30-21(34)18(22(35)31(2)25(30)39)17(19-23(36)32(3)26(40)33(4)24(19)37)13-9-15(27)20(16(28)10-13)38-11-12-5-7-14(29)8-6-12/h5-10,17,34,36H,11H2,1-4H3. The lowest BCUT2D eigenvalue weighted by atomic mass is 9.86. The molecule has 2 N–H and O–H groups in total. The second-order valence-corrected chi connectivity index (χ2v) is 11.5. The number of aromatic nitrogens is 4. The van der Waals surface area contributed by atoms with Crippen molar-refractivity contribution in [3.63, 3.8) is 0 Å². The summed E-state index contributed by atoms with van der Waals surface area (Å²) >= 11 is 17.6. The normalized spacial score (nSPS) is 11.3. The smallest absolute Gasteiger partial charge is 0.262 e. The van der Waals surface area contributed by atoms with Crippen molar-refractivity contribution in [1.82, 2.24) is 18.3 Å². The highest BCUT2D eigenvalue weighted by Gasteiger charge is 2.33. The zero-order chi connectivity index (χ0) is 29.6. The molecule has 0 amide bonds. The highest BCUT2D eigenvalue weighted by atomic mass is 79.9. The lowest BCUT2D eigenvalue weighted by Gasteiger charge is -2.24. The zero-order valence-corrected chi connectivity index (χ0v) is 26.4. The number of halogens is 3. The molecule has 0 aliphatic rings. The molecule has 9 nitrogen and oxygen atoms in total. The van der Waals surface area contributed by atoms with Gasteiger partial charge in [0.2, 0.25) is 11.8 Å². The first-order valence-electron chi connectivity index (χ1n) is 11.6. The van der Waals surface area contributed by atoms with Gasteiger partial charge in [-0.3, -0.25) is 27.9 Å². The highest BCUT2D eigenvalue weighted by Crippen LogP contribution is 2.42. The second-order valence-electron chi connectivity index (χ2n) is 9.05. The van der Waals surface area contributed by atoms with E-state index >= 15 is 0 Å². The van der Waals surface area contributed by atoms with E-state index in [9.17, 15) is 24.2 Å². The van der Waals surface area contributed by atoms with Gasteiger partial charge in [-0.15, -0.1) is 0 Å². The molecule has 2 aromatic heterocycles. The van der Waals surface area contributed by atoms with Crippen LogP contribution in [0.15, 0.2) is 54.9 Å². The van der Waals surface area contributed by atoms with Gasteiger partial charge in [-0.1, -0.05) is 12.1 Å². The Hall–Kier alpha value is -3.07. The van der Waals surface area contributed by atoms with Crippen molar-refractivity contribution >= 4 is 56.3 Å². The Morgan fingerprint density at radius 2 is 1.25 bits per heavy atom. The molecule has 0 aliphatic heterocycles. The van der Waals surface area contributed by atoms with E-state index < -0.39 is 28.8 Å². The van der Waals surface area contributed by atoms with E-state index in [0.717, 1.165) is 5.56 Å². The summed E-state index contributed by atoms with van der Waals surface area (Å²) < 4.78 is 25.1. The van der Waals surface area contributed by atoms with Crippen molar-refractivity contribution in [2.24, 2.45) is 28.2 Å². The Balaban J connectivity index is 1.99. The lowest BCUT2D eigenvalue weighted by Crippen LogP contribution is -2.33. The number of nitrogens with zero attached hydrogens (tertiary/aromatic N) is 4. The molecule has 4 rings (SSSR count). The van der Waals surface area contributed by atoms with Crippen LogP contribution in [0, 0.1) is 15.4 Å². The van der Waals surface area contributed by atoms with Gasteiger partial charge in [-0.05, 0) is 91.7 Å². The molecule has 0 fully saturated rings. The molecule has 40 heavy (non-hydrogen) atoms. The molecular weight excluding hydrogens is 691 g/mol. The summed E-state index contributed by atoms with van der Waals surface area (Å²) in [6.07, 6.45) is 0. The van der Waals surface area contributed by atoms with Crippen LogP contribution in [-0.2, 0) is 34.8 Å². The predicted molar refractivity (Wildman–Crippen MR) is 160 cm³/mol. The molecule has 0 aliphatic carbocycles. The number of hydrogen-bond acceptors (Lipinski definition) is 7. The third kappa shape index (κ3) is 5.20. The van der Waals surface area contributed by atoms with Gasteiger partial charge < -0.3 is 14.9 Å². The van der Waals surface area contributed by atoms with Crippen LogP contribution >= 0.6 is 56.3 Å². The first kappa shape index (κ1) is 29.9. The highest BCUT2D eigenvalue weighted by molar-refractivity contribution is 9.11. The minimum atomic E-state index is -1.25. The van der Waals surface area contributed by atoms with Crippen molar-refractivity contribution in [2.75, 3.05) is 0 Å². The monoisotopic (exact) mass is 712 g/mol. The van der Waals surface area contributed by atoms with Crippen LogP contribution in [0.2, 0.25) is 0 Å². The molecular formula is C26H23Br2FN4O5S2. The summed E-state index contributed by atoms with van der Waals surface area (Å²) in [5, 5.41) is 22.3. The van der Waals surface area contributed by atoms with Crippen LogP contribution in [0.4, 0.5) is 4.39 Å². The number of hydrogen-bond donors (Lipinski definition) is 2. The molecule has 0 saturated heterocycles. The Bertz CT molecular complexity index is 1790. The Morgan fingerprint density at radius 3 is 1.68 bits per heavy atom. The van der Waals surface area contributed by atoms with Crippen LogP contribution in [0.1, 0.15) is 28.2 Å². The van der Waals surface area contributed by atoms with Crippen LogP contribution in [0.3, 0.4) is 0 Å². The van der Waals surface area contributed by atoms with Gasteiger partial charge in [-0.25, -0.2) is 4.39 Å². The summed E-state index contributed by atoms with van der Waals surface area (Å²) in [6, 6.07) is 9.11. The summed E-state index contributed by atoms with van der Waals surface area (Å²) in [4.78, 5) is 27.1. The molecule has 0 radical (unpaired) electrons. The SMILES string of the molecule is Cn1c(O)c(C(c2cc(Br)c(OCc3ccc(F)cc3)c(Br)c2)c2c(O)n(C)c(=S)n(C)c2=O)c(=O)n(C)c1=S. The molecule has 0 bridgehead atoms. The van der Waals surface area contributed by atoms with Crippen molar-refractivity contribution < 1.29 is 19.3 Å². The first-order valence-corrected chi connectivity index (χ1v) is 14.0. The van der Waals surface area contributed by atoms with Crippen LogP contribution < -0.4 is 15.9 Å². The van der Waals surface area contributed by atoms with Gasteiger partial charge in [0, 0.05) is 28.2 Å². The summed E-state index contributed by atoms with van der Waals surface area (Å²) in [5.74, 6) is -2.14. The van der Waals surface area contributed by atoms with E-state index in [0.29, 0.717) is 20.3 Å². The number of aromatic hydroxyl groups is 2. The topological polar surface area (TPSA) is 104 Å². The zero-order valence-electron chi connectivity index (χ0n) is 21.6. The van der Waals surface area contributed by atoms with Gasteiger partial charge >= 0.3 is 0 Å². The molecule has 0 unspecified atom stereocenters. The summed E-state index contributed by atoms with van der Waals surface area (Å²) in [5.41, 5.74) is -0.565. The fourth-order valence-corrected chi connectivity index (χ4v) is 6.11. The number of rotatable bonds is 6. The van der Waals surface area contributed by atoms with E-state index in [2.05, 4.69) is 31.9 Å². The van der Waals surface area contributed by atoms with Crippen molar-refractivity contribution in [2.45, 2.75) is 12.5 Å². The maximum Gasteiger partial charge on any atom is 0.262 e. The Morgan fingerprint density at radius 1 is 0.825 bits per heavy atom.